The lowest BCUT2D eigenvalue weighted by molar-refractivity contribution is -0.277. The highest BCUT2D eigenvalue weighted by Gasteiger charge is 2.45. The first-order valence-electron chi connectivity index (χ1n) is 12.4. The van der Waals surface area contributed by atoms with Gasteiger partial charge in [-0.1, -0.05) is 6.07 Å². The minimum absolute atomic E-state index is 0.111. The van der Waals surface area contributed by atoms with Crippen LogP contribution in [0.1, 0.15) is 30.5 Å². The van der Waals surface area contributed by atoms with Crippen molar-refractivity contribution in [3.63, 3.8) is 0 Å². The van der Waals surface area contributed by atoms with E-state index >= 15 is 0 Å². The molecule has 0 spiro atoms. The number of aliphatic hydroxyl groups is 4. The third-order valence-corrected chi connectivity index (χ3v) is 6.97. The van der Waals surface area contributed by atoms with Crippen molar-refractivity contribution in [2.45, 2.75) is 56.5 Å². The third kappa shape index (κ3) is 5.38. The van der Waals surface area contributed by atoms with Gasteiger partial charge in [-0.15, -0.1) is 0 Å². The molecule has 1 saturated heterocycles. The summed E-state index contributed by atoms with van der Waals surface area (Å²) in [6.45, 7) is 0.786. The fraction of sp³-hybridized carbons (Fsp3) is 0.481. The van der Waals surface area contributed by atoms with Gasteiger partial charge in [-0.3, -0.25) is 9.59 Å². The van der Waals surface area contributed by atoms with E-state index in [1.54, 1.807) is 18.2 Å². The molecule has 5 N–H and O–H groups in total. The van der Waals surface area contributed by atoms with Crippen LogP contribution >= 0.6 is 0 Å². The van der Waals surface area contributed by atoms with Gasteiger partial charge in [0.1, 0.15) is 24.4 Å². The molecule has 2 aromatic rings. The molecule has 0 radical (unpaired) electrons. The van der Waals surface area contributed by atoms with Gasteiger partial charge in [-0.2, -0.15) is 0 Å². The number of carbonyl (C=O) groups is 1. The number of fused-ring (bicyclic) bond motifs is 3. The molecular formula is C27H33NO11. The van der Waals surface area contributed by atoms with Crippen molar-refractivity contribution < 1.29 is 48.9 Å². The summed E-state index contributed by atoms with van der Waals surface area (Å²) >= 11 is 0. The molecule has 6 atom stereocenters. The van der Waals surface area contributed by atoms with Gasteiger partial charge in [0.2, 0.25) is 23.4 Å². The lowest BCUT2D eigenvalue weighted by Crippen LogP contribution is -2.60. The van der Waals surface area contributed by atoms with Crippen LogP contribution in [0.3, 0.4) is 0 Å². The Morgan fingerprint density at radius 1 is 1.00 bits per heavy atom. The number of aryl methyl sites for hydroxylation is 1. The van der Waals surface area contributed by atoms with Crippen LogP contribution in [-0.2, 0) is 16.0 Å². The summed E-state index contributed by atoms with van der Waals surface area (Å²) in [5.41, 5.74) is 2.15. The molecular weight excluding hydrogens is 514 g/mol. The molecule has 0 bridgehead atoms. The average molecular weight is 548 g/mol. The first-order chi connectivity index (χ1) is 18.6. The number of rotatable bonds is 7. The van der Waals surface area contributed by atoms with E-state index in [0.717, 1.165) is 5.56 Å². The molecule has 0 unspecified atom stereocenters. The second kappa shape index (κ2) is 11.8. The molecule has 0 saturated carbocycles. The SMILES string of the molecule is COc1c(O[C@H]2O[C@@H](CO)[C@@H](O)[C@H](O)[C@H]2O)cc2c(c1OC)-c1ccc(OC)c(=O)cc1[C@@H](NC(C)=O)CC2. The van der Waals surface area contributed by atoms with Crippen LogP contribution in [-0.4, -0.2) is 85.0 Å². The first kappa shape index (κ1) is 28.6. The Hall–Kier alpha value is -3.42. The van der Waals surface area contributed by atoms with Crippen LogP contribution in [0, 0.1) is 0 Å². The zero-order valence-electron chi connectivity index (χ0n) is 22.0. The summed E-state index contributed by atoms with van der Waals surface area (Å²) < 4.78 is 28.1. The van der Waals surface area contributed by atoms with E-state index in [1.807, 2.05) is 0 Å². The predicted molar refractivity (Wildman–Crippen MR) is 137 cm³/mol. The summed E-state index contributed by atoms with van der Waals surface area (Å²) in [5, 5.41) is 43.3. The van der Waals surface area contributed by atoms with Crippen LogP contribution in [0.4, 0.5) is 0 Å². The number of amides is 1. The molecule has 2 aliphatic rings. The summed E-state index contributed by atoms with van der Waals surface area (Å²) in [5.74, 6) is 0.368. The van der Waals surface area contributed by atoms with Crippen molar-refractivity contribution in [1.29, 1.82) is 0 Å². The van der Waals surface area contributed by atoms with Crippen molar-refractivity contribution in [1.82, 2.24) is 5.32 Å². The zero-order chi connectivity index (χ0) is 28.4. The topological polar surface area (TPSA) is 173 Å². The van der Waals surface area contributed by atoms with Crippen molar-refractivity contribution in [2.24, 2.45) is 0 Å². The van der Waals surface area contributed by atoms with E-state index in [0.29, 0.717) is 29.5 Å². The molecule has 1 aliphatic heterocycles. The van der Waals surface area contributed by atoms with E-state index in [1.165, 1.54) is 34.3 Å². The van der Waals surface area contributed by atoms with Gasteiger partial charge in [-0.05, 0) is 47.7 Å². The fourth-order valence-corrected chi connectivity index (χ4v) is 5.09. The normalized spacial score (nSPS) is 25.9. The number of aliphatic hydroxyl groups excluding tert-OH is 4. The quantitative estimate of drug-likeness (QED) is 0.317. The lowest BCUT2D eigenvalue weighted by Gasteiger charge is -2.39. The number of benzene rings is 1. The Morgan fingerprint density at radius 3 is 2.33 bits per heavy atom. The third-order valence-electron chi connectivity index (χ3n) is 6.97. The smallest absolute Gasteiger partial charge is 0.229 e. The van der Waals surface area contributed by atoms with Gasteiger partial charge in [0.15, 0.2) is 17.2 Å². The Morgan fingerprint density at radius 2 is 1.72 bits per heavy atom. The number of nitrogens with one attached hydrogen (secondary N) is 1. The molecule has 1 heterocycles. The predicted octanol–water partition coefficient (Wildman–Crippen LogP) is 0.0417. The van der Waals surface area contributed by atoms with Gasteiger partial charge in [0.05, 0.1) is 34.0 Å². The van der Waals surface area contributed by atoms with Gasteiger partial charge >= 0.3 is 0 Å². The Balaban J connectivity index is 1.89. The molecule has 12 heteroatoms. The van der Waals surface area contributed by atoms with Crippen molar-refractivity contribution in [3.8, 4) is 34.1 Å². The van der Waals surface area contributed by atoms with Crippen LogP contribution in [0.5, 0.6) is 23.0 Å². The van der Waals surface area contributed by atoms with Crippen LogP contribution in [0.2, 0.25) is 0 Å². The maximum absolute atomic E-state index is 12.9. The van der Waals surface area contributed by atoms with E-state index < -0.39 is 43.4 Å². The fourth-order valence-electron chi connectivity index (χ4n) is 5.09. The highest BCUT2D eigenvalue weighted by Crippen LogP contribution is 2.50. The molecule has 2 aromatic carbocycles. The zero-order valence-corrected chi connectivity index (χ0v) is 22.0. The lowest BCUT2D eigenvalue weighted by atomic mass is 9.95. The summed E-state index contributed by atoms with van der Waals surface area (Å²) in [7, 11) is 4.23. The van der Waals surface area contributed by atoms with Gasteiger partial charge in [-0.25, -0.2) is 0 Å². The Labute approximate surface area is 224 Å². The second-order valence-corrected chi connectivity index (χ2v) is 9.36. The molecule has 0 aromatic heterocycles. The molecule has 12 nitrogen and oxygen atoms in total. The second-order valence-electron chi connectivity index (χ2n) is 9.36. The van der Waals surface area contributed by atoms with E-state index in [4.69, 9.17) is 23.7 Å². The van der Waals surface area contributed by atoms with Crippen LogP contribution in [0.25, 0.3) is 11.1 Å². The Kier molecular flexibility index (Phi) is 8.62. The molecule has 212 valence electrons. The minimum Gasteiger partial charge on any atom is -0.493 e. The largest absolute Gasteiger partial charge is 0.493 e. The molecule has 39 heavy (non-hydrogen) atoms. The monoisotopic (exact) mass is 547 g/mol. The maximum atomic E-state index is 12.9. The molecule has 1 amide bonds. The average Bonchev–Trinajstić information content (AvgIpc) is 3.16. The number of ether oxygens (including phenoxy) is 5. The van der Waals surface area contributed by atoms with E-state index in [2.05, 4.69) is 5.32 Å². The maximum Gasteiger partial charge on any atom is 0.229 e. The molecule has 1 fully saturated rings. The van der Waals surface area contributed by atoms with Crippen molar-refractivity contribution in [3.05, 3.63) is 45.6 Å². The van der Waals surface area contributed by atoms with Gasteiger partial charge in [0, 0.05) is 12.5 Å². The highest BCUT2D eigenvalue weighted by molar-refractivity contribution is 5.83. The first-order valence-corrected chi connectivity index (χ1v) is 12.4. The summed E-state index contributed by atoms with van der Waals surface area (Å²) in [6.07, 6.45) is -6.56. The summed E-state index contributed by atoms with van der Waals surface area (Å²) in [4.78, 5) is 24.9. The van der Waals surface area contributed by atoms with Crippen LogP contribution < -0.4 is 29.7 Å². The van der Waals surface area contributed by atoms with Crippen LogP contribution in [0.15, 0.2) is 29.1 Å². The standard InChI is InChI=1S/C27H33NO11/c1-12(30)28-16-7-5-13-9-19(38-27-24(34)23(33)22(32)20(11-29)39-27)25(36-3)26(37-4)21(13)14-6-8-18(35-2)17(31)10-15(14)16/h6,8-10,16,20,22-24,27,29,32-34H,5,7,11H2,1-4H3,(H,28,30)/t16-,20-,22+,23-,24+,27-/m0/s1. The Bertz CT molecular complexity index is 1280. The van der Waals surface area contributed by atoms with Gasteiger partial charge < -0.3 is 49.4 Å². The number of methoxy groups -OCH3 is 3. The number of hydrogen-bond acceptors (Lipinski definition) is 11. The van der Waals surface area contributed by atoms with E-state index in [-0.39, 0.29) is 34.3 Å². The number of carbonyl (C=O) groups excluding carboxylic acids is 1. The number of hydrogen-bond donors (Lipinski definition) is 5. The minimum atomic E-state index is -1.64. The molecule has 1 aliphatic carbocycles. The van der Waals surface area contributed by atoms with E-state index in [9.17, 15) is 30.0 Å². The highest BCUT2D eigenvalue weighted by atomic mass is 16.7. The molecule has 4 rings (SSSR count). The van der Waals surface area contributed by atoms with Crippen molar-refractivity contribution >= 4 is 5.91 Å². The van der Waals surface area contributed by atoms with Crippen molar-refractivity contribution in [2.75, 3.05) is 27.9 Å². The van der Waals surface area contributed by atoms with Gasteiger partial charge in [0.25, 0.3) is 0 Å². The summed E-state index contributed by atoms with van der Waals surface area (Å²) in [6, 6.07) is 5.87.